The number of hydrogen-bond acceptors (Lipinski definition) is 2. The summed E-state index contributed by atoms with van der Waals surface area (Å²) in [6.07, 6.45) is 7.81. The largest absolute Gasteiger partial charge is 0.273 e. The summed E-state index contributed by atoms with van der Waals surface area (Å²) in [5.74, 6) is 0.846. The topological polar surface area (TPSA) is 41.5 Å². The molecule has 0 aliphatic heterocycles. The molecule has 0 aromatic heterocycles. The van der Waals surface area contributed by atoms with Crippen molar-refractivity contribution in [3.05, 3.63) is 69.4 Å². The lowest BCUT2D eigenvalue weighted by Gasteiger charge is -2.61. The minimum absolute atomic E-state index is 0.000239. The lowest BCUT2D eigenvalue weighted by atomic mass is 9.42. The van der Waals surface area contributed by atoms with Crippen LogP contribution in [0.4, 0.5) is 4.39 Å². The van der Waals surface area contributed by atoms with Crippen LogP contribution in [0.15, 0.2) is 52.0 Å². The van der Waals surface area contributed by atoms with Crippen LogP contribution in [0.1, 0.15) is 55.2 Å². The molecule has 4 saturated carbocycles. The molecule has 0 saturated heterocycles. The third-order valence-corrected chi connectivity index (χ3v) is 8.03. The predicted octanol–water partition coefficient (Wildman–Crippen LogP) is 5.88. The molecule has 2 aromatic carbocycles. The number of rotatable bonds is 4. The van der Waals surface area contributed by atoms with Gasteiger partial charge in [0, 0.05) is 10.0 Å². The van der Waals surface area contributed by atoms with E-state index < -0.39 is 0 Å². The summed E-state index contributed by atoms with van der Waals surface area (Å²) in [4.78, 5) is 13.3. The lowest BCUT2D eigenvalue weighted by molar-refractivity contribution is -0.149. The van der Waals surface area contributed by atoms with Crippen LogP contribution in [0.2, 0.25) is 0 Å². The van der Waals surface area contributed by atoms with Gasteiger partial charge in [0.2, 0.25) is 5.91 Å². The third kappa shape index (κ3) is 3.41. The second-order valence-electron chi connectivity index (χ2n) is 9.75. The van der Waals surface area contributed by atoms with E-state index in [1.165, 1.54) is 42.7 Å². The van der Waals surface area contributed by atoms with E-state index in [9.17, 15) is 9.18 Å². The Hall–Kier alpha value is -2.01. The number of carbonyl (C=O) groups excluding carboxylic acids is 1. The first-order chi connectivity index (χ1) is 14.4. The Kier molecular flexibility index (Phi) is 4.85. The average molecular weight is 469 g/mol. The molecule has 2 unspecified atom stereocenters. The van der Waals surface area contributed by atoms with Gasteiger partial charge in [0.25, 0.3) is 0 Å². The number of hydrogen-bond donors (Lipinski definition) is 1. The minimum atomic E-state index is -0.359. The molecule has 30 heavy (non-hydrogen) atoms. The third-order valence-electron chi connectivity index (χ3n) is 7.53. The van der Waals surface area contributed by atoms with Gasteiger partial charge >= 0.3 is 0 Å². The average Bonchev–Trinajstić information content (AvgIpc) is 2.70. The van der Waals surface area contributed by atoms with Crippen molar-refractivity contribution in [3.63, 3.8) is 0 Å². The van der Waals surface area contributed by atoms with E-state index in [0.717, 1.165) is 23.7 Å². The maximum atomic E-state index is 13.9. The molecule has 6 rings (SSSR count). The highest BCUT2D eigenvalue weighted by Gasteiger charge is 2.60. The fourth-order valence-electron chi connectivity index (χ4n) is 6.67. The molecule has 2 aromatic rings. The number of hydrazone groups is 1. The number of nitrogens with one attached hydrogen (secondary N) is 1. The van der Waals surface area contributed by atoms with Crippen molar-refractivity contribution in [3.8, 4) is 0 Å². The van der Waals surface area contributed by atoms with Gasteiger partial charge in [0.1, 0.15) is 5.82 Å². The molecule has 4 atom stereocenters. The van der Waals surface area contributed by atoms with Crippen molar-refractivity contribution in [2.75, 3.05) is 0 Å². The van der Waals surface area contributed by atoms with Gasteiger partial charge in [-0.3, -0.25) is 4.79 Å². The van der Waals surface area contributed by atoms with E-state index >= 15 is 0 Å². The van der Waals surface area contributed by atoms with E-state index in [1.54, 1.807) is 12.1 Å². The van der Waals surface area contributed by atoms with Gasteiger partial charge in [0.15, 0.2) is 0 Å². The summed E-state index contributed by atoms with van der Waals surface area (Å²) in [5.41, 5.74) is 5.52. The zero-order chi connectivity index (χ0) is 20.9. The summed E-state index contributed by atoms with van der Waals surface area (Å²) in [5, 5.41) is 4.12. The number of amides is 1. The van der Waals surface area contributed by atoms with Gasteiger partial charge in [-0.25, -0.2) is 9.82 Å². The Morgan fingerprint density at radius 1 is 1.13 bits per heavy atom. The fourth-order valence-corrected chi connectivity index (χ4v) is 7.04. The Labute approximate surface area is 185 Å². The van der Waals surface area contributed by atoms with E-state index in [1.807, 2.05) is 0 Å². The van der Waals surface area contributed by atoms with Crippen LogP contribution >= 0.6 is 15.9 Å². The summed E-state index contributed by atoms with van der Waals surface area (Å²) in [6, 6.07) is 13.6. The zero-order valence-corrected chi connectivity index (χ0v) is 18.7. The van der Waals surface area contributed by atoms with Crippen LogP contribution < -0.4 is 5.43 Å². The quantitative estimate of drug-likeness (QED) is 0.441. The van der Waals surface area contributed by atoms with Gasteiger partial charge in [-0.2, -0.15) is 5.10 Å². The molecule has 1 amide bonds. The van der Waals surface area contributed by atoms with Crippen molar-refractivity contribution in [2.24, 2.45) is 22.4 Å². The Morgan fingerprint density at radius 3 is 2.53 bits per heavy atom. The molecule has 4 aliphatic rings. The molecule has 4 fully saturated rings. The monoisotopic (exact) mass is 468 g/mol. The standard InChI is InChI=1S/C25H26BrFN2O/c1-16-2-4-20(5-3-16)24-10-17-8-18(11-24)13-25(12-17,15-24)23(30)29-28-14-19-9-21(26)6-7-22(19)27/h2-7,9,14,17-18H,8,10-13,15H2,1H3,(H,29,30)/b28-14-/t17-,18+,24?,25?. The fraction of sp³-hybridized carbons (Fsp3) is 0.440. The molecule has 5 heteroatoms. The van der Waals surface area contributed by atoms with E-state index in [2.05, 4.69) is 57.6 Å². The summed E-state index contributed by atoms with van der Waals surface area (Å²) in [6.45, 7) is 2.12. The minimum Gasteiger partial charge on any atom is -0.273 e. The maximum absolute atomic E-state index is 13.9. The van der Waals surface area contributed by atoms with E-state index in [4.69, 9.17) is 0 Å². The normalized spacial score (nSPS) is 32.0. The highest BCUT2D eigenvalue weighted by molar-refractivity contribution is 9.10. The van der Waals surface area contributed by atoms with Crippen molar-refractivity contribution in [2.45, 2.75) is 50.9 Å². The number of halogens is 2. The second-order valence-corrected chi connectivity index (χ2v) is 10.7. The van der Waals surface area contributed by atoms with Crippen LogP contribution in [-0.2, 0) is 10.2 Å². The molecule has 4 bridgehead atoms. The van der Waals surface area contributed by atoms with Gasteiger partial charge in [-0.1, -0.05) is 45.8 Å². The first-order valence-electron chi connectivity index (χ1n) is 10.7. The Bertz CT molecular complexity index is 1000. The van der Waals surface area contributed by atoms with Gasteiger partial charge in [0.05, 0.1) is 11.6 Å². The van der Waals surface area contributed by atoms with Crippen LogP contribution in [0.3, 0.4) is 0 Å². The van der Waals surface area contributed by atoms with Crippen molar-refractivity contribution in [1.29, 1.82) is 0 Å². The highest BCUT2D eigenvalue weighted by atomic mass is 79.9. The first kappa shape index (κ1) is 19.9. The van der Waals surface area contributed by atoms with Gasteiger partial charge in [-0.15, -0.1) is 0 Å². The number of aryl methyl sites for hydroxylation is 1. The molecular formula is C25H26BrFN2O. The molecule has 0 heterocycles. The van der Waals surface area contributed by atoms with E-state index in [-0.39, 0.29) is 22.6 Å². The Balaban J connectivity index is 1.38. The molecule has 156 valence electrons. The summed E-state index contributed by atoms with van der Waals surface area (Å²) >= 11 is 3.34. The smallest absolute Gasteiger partial charge is 0.246 e. The first-order valence-corrected chi connectivity index (χ1v) is 11.5. The van der Waals surface area contributed by atoms with Crippen LogP contribution in [-0.4, -0.2) is 12.1 Å². The molecule has 0 radical (unpaired) electrons. The second kappa shape index (κ2) is 7.30. The molecule has 3 nitrogen and oxygen atoms in total. The molecule has 4 aliphatic carbocycles. The number of benzene rings is 2. The lowest BCUT2D eigenvalue weighted by Crippen LogP contribution is -2.58. The predicted molar refractivity (Wildman–Crippen MR) is 120 cm³/mol. The molecule has 0 spiro atoms. The van der Waals surface area contributed by atoms with E-state index in [0.29, 0.717) is 17.4 Å². The van der Waals surface area contributed by atoms with Crippen LogP contribution in [0.25, 0.3) is 0 Å². The number of carbonyl (C=O) groups is 1. The Morgan fingerprint density at radius 2 is 1.83 bits per heavy atom. The van der Waals surface area contributed by atoms with Crippen molar-refractivity contribution >= 4 is 28.1 Å². The van der Waals surface area contributed by atoms with Crippen molar-refractivity contribution < 1.29 is 9.18 Å². The van der Waals surface area contributed by atoms with Gasteiger partial charge in [-0.05, 0) is 86.5 Å². The zero-order valence-electron chi connectivity index (χ0n) is 17.1. The maximum Gasteiger partial charge on any atom is 0.246 e. The van der Waals surface area contributed by atoms with Crippen LogP contribution in [0, 0.1) is 30.0 Å². The summed E-state index contributed by atoms with van der Waals surface area (Å²) < 4.78 is 14.7. The van der Waals surface area contributed by atoms with Crippen molar-refractivity contribution in [1.82, 2.24) is 5.43 Å². The molecular weight excluding hydrogens is 443 g/mol. The molecule has 1 N–H and O–H groups in total. The summed E-state index contributed by atoms with van der Waals surface area (Å²) in [7, 11) is 0. The highest BCUT2D eigenvalue weighted by Crippen LogP contribution is 2.65. The van der Waals surface area contributed by atoms with Crippen LogP contribution in [0.5, 0.6) is 0 Å². The number of nitrogens with zero attached hydrogens (tertiary/aromatic N) is 1. The van der Waals surface area contributed by atoms with Gasteiger partial charge < -0.3 is 0 Å². The SMILES string of the molecule is Cc1ccc(C23C[C@@H]4C[C@@H](CC(C(=O)N/N=C\c5cc(Br)ccc5F)(C4)C2)C3)cc1.